The first-order valence-corrected chi connectivity index (χ1v) is 8.15. The molecule has 1 aromatic heterocycles. The van der Waals surface area contributed by atoms with Crippen molar-refractivity contribution < 1.29 is 9.72 Å². The number of amides is 1. The van der Waals surface area contributed by atoms with Gasteiger partial charge in [-0.05, 0) is 23.9 Å². The van der Waals surface area contributed by atoms with E-state index in [2.05, 4.69) is 9.98 Å². The molecule has 1 aliphatic rings. The summed E-state index contributed by atoms with van der Waals surface area (Å²) in [5.41, 5.74) is 0.346. The van der Waals surface area contributed by atoms with Crippen LogP contribution >= 0.6 is 23.1 Å². The number of aliphatic imine (C=N–C) groups is 1. The summed E-state index contributed by atoms with van der Waals surface area (Å²) in [4.78, 5) is 33.1. The maximum atomic E-state index is 12.3. The Balaban J connectivity index is 1.96. The Hall–Kier alpha value is -2.52. The van der Waals surface area contributed by atoms with Crippen LogP contribution in [0.1, 0.15) is 5.56 Å². The minimum absolute atomic E-state index is 0.0404. The third-order valence-electron chi connectivity index (χ3n) is 3.03. The van der Waals surface area contributed by atoms with Crippen molar-refractivity contribution in [2.24, 2.45) is 4.99 Å². The van der Waals surface area contributed by atoms with Gasteiger partial charge in [0, 0.05) is 24.7 Å². The van der Waals surface area contributed by atoms with Gasteiger partial charge in [0.25, 0.3) is 11.6 Å². The number of carbonyl (C=O) groups excluding carboxylic acids is 1. The maximum Gasteiger partial charge on any atom is 0.276 e. The number of thiazole rings is 1. The van der Waals surface area contributed by atoms with Gasteiger partial charge in [0.15, 0.2) is 5.17 Å². The monoisotopic (exact) mass is 346 g/mol. The number of nitro benzene ring substituents is 1. The van der Waals surface area contributed by atoms with Crippen molar-refractivity contribution in [3.05, 3.63) is 56.4 Å². The zero-order valence-corrected chi connectivity index (χ0v) is 13.5. The molecule has 1 aliphatic heterocycles. The van der Waals surface area contributed by atoms with E-state index < -0.39 is 4.92 Å². The fourth-order valence-electron chi connectivity index (χ4n) is 1.92. The van der Waals surface area contributed by atoms with Crippen LogP contribution in [0.5, 0.6) is 0 Å². The highest BCUT2D eigenvalue weighted by atomic mass is 32.2. The fraction of sp³-hybridized carbons (Fsp3) is 0.0714. The number of aromatic nitrogens is 1. The summed E-state index contributed by atoms with van der Waals surface area (Å²) in [6.07, 6.45) is 3.15. The van der Waals surface area contributed by atoms with E-state index in [1.165, 1.54) is 40.1 Å². The summed E-state index contributed by atoms with van der Waals surface area (Å²) >= 11 is 2.54. The molecule has 23 heavy (non-hydrogen) atoms. The molecule has 7 nitrogen and oxygen atoms in total. The molecule has 0 aliphatic carbocycles. The number of benzene rings is 1. The van der Waals surface area contributed by atoms with Gasteiger partial charge in [-0.1, -0.05) is 12.1 Å². The number of hydrogen-bond acceptors (Lipinski definition) is 7. The van der Waals surface area contributed by atoms with Gasteiger partial charge in [-0.2, -0.15) is 4.99 Å². The highest BCUT2D eigenvalue weighted by Crippen LogP contribution is 2.34. The molecule has 0 saturated carbocycles. The van der Waals surface area contributed by atoms with Gasteiger partial charge in [-0.15, -0.1) is 11.3 Å². The lowest BCUT2D eigenvalue weighted by Gasteiger charge is -2.05. The van der Waals surface area contributed by atoms with Crippen LogP contribution in [-0.4, -0.2) is 32.9 Å². The summed E-state index contributed by atoms with van der Waals surface area (Å²) in [6.45, 7) is 0. The van der Waals surface area contributed by atoms with Gasteiger partial charge >= 0.3 is 0 Å². The van der Waals surface area contributed by atoms with E-state index in [1.54, 1.807) is 36.8 Å². The van der Waals surface area contributed by atoms with Crippen LogP contribution in [0.4, 0.5) is 10.8 Å². The predicted molar refractivity (Wildman–Crippen MR) is 90.6 cm³/mol. The molecule has 9 heteroatoms. The zero-order chi connectivity index (χ0) is 16.4. The minimum atomic E-state index is -0.467. The average Bonchev–Trinajstić information content (AvgIpc) is 3.13. The fourth-order valence-corrected chi connectivity index (χ4v) is 3.44. The van der Waals surface area contributed by atoms with Crippen LogP contribution in [0, 0.1) is 10.1 Å². The summed E-state index contributed by atoms with van der Waals surface area (Å²) in [5.74, 6) is -0.247. The molecule has 1 aromatic carbocycles. The molecule has 0 radical (unpaired) electrons. The Kier molecular flexibility index (Phi) is 4.22. The van der Waals surface area contributed by atoms with E-state index in [-0.39, 0.29) is 11.6 Å². The van der Waals surface area contributed by atoms with Crippen LogP contribution in [0.25, 0.3) is 6.08 Å². The Morgan fingerprint density at radius 1 is 1.39 bits per heavy atom. The SMILES string of the molecule is CN1C(=O)/C(=C/c2ccccc2[N+](=O)[O-])S/C1=N/c1nccs1. The number of hydrogen-bond donors (Lipinski definition) is 0. The second-order valence-corrected chi connectivity index (χ2v) is 6.38. The quantitative estimate of drug-likeness (QED) is 0.483. The van der Waals surface area contributed by atoms with Crippen molar-refractivity contribution in [2.75, 3.05) is 7.05 Å². The van der Waals surface area contributed by atoms with Crippen molar-refractivity contribution in [3.8, 4) is 0 Å². The van der Waals surface area contributed by atoms with Gasteiger partial charge in [-0.3, -0.25) is 19.8 Å². The van der Waals surface area contributed by atoms with Crippen LogP contribution < -0.4 is 0 Å². The number of likely N-dealkylation sites (N-methyl/N-ethyl adjacent to an activating group) is 1. The Morgan fingerprint density at radius 2 is 2.17 bits per heavy atom. The van der Waals surface area contributed by atoms with Gasteiger partial charge in [0.1, 0.15) is 0 Å². The topological polar surface area (TPSA) is 88.7 Å². The number of thioether (sulfide) groups is 1. The number of nitro groups is 1. The molecular formula is C14H10N4O3S2. The standard InChI is InChI=1S/C14H10N4O3S2/c1-17-12(19)11(23-14(17)16-13-15-6-7-22-13)8-9-4-2-3-5-10(9)18(20)21/h2-8H,1H3/b11-8-,16-14+. The summed E-state index contributed by atoms with van der Waals surface area (Å²) in [5, 5.41) is 13.9. The second-order valence-electron chi connectivity index (χ2n) is 4.50. The molecule has 2 aromatic rings. The predicted octanol–water partition coefficient (Wildman–Crippen LogP) is 3.29. The van der Waals surface area contributed by atoms with E-state index in [4.69, 9.17) is 0 Å². The lowest BCUT2D eigenvalue weighted by Crippen LogP contribution is -2.23. The molecule has 0 bridgehead atoms. The van der Waals surface area contributed by atoms with Crippen molar-refractivity contribution in [3.63, 3.8) is 0 Å². The molecule has 2 heterocycles. The molecule has 116 valence electrons. The molecule has 3 rings (SSSR count). The third kappa shape index (κ3) is 3.15. The number of amidine groups is 1. The Morgan fingerprint density at radius 3 is 2.87 bits per heavy atom. The molecule has 0 unspecified atom stereocenters. The van der Waals surface area contributed by atoms with Crippen LogP contribution in [-0.2, 0) is 4.79 Å². The highest BCUT2D eigenvalue weighted by Gasteiger charge is 2.31. The van der Waals surface area contributed by atoms with Crippen LogP contribution in [0.3, 0.4) is 0 Å². The maximum absolute atomic E-state index is 12.3. The molecule has 0 spiro atoms. The van der Waals surface area contributed by atoms with Gasteiger partial charge < -0.3 is 0 Å². The number of nitrogens with zero attached hydrogens (tertiary/aromatic N) is 4. The van der Waals surface area contributed by atoms with E-state index in [1.807, 2.05) is 0 Å². The molecule has 1 saturated heterocycles. The summed E-state index contributed by atoms with van der Waals surface area (Å²) in [7, 11) is 1.61. The number of carbonyl (C=O) groups is 1. The zero-order valence-electron chi connectivity index (χ0n) is 11.9. The van der Waals surface area contributed by atoms with Gasteiger partial charge in [0.2, 0.25) is 5.13 Å². The molecule has 1 amide bonds. The van der Waals surface area contributed by atoms with Gasteiger partial charge in [-0.25, -0.2) is 4.98 Å². The normalized spacial score (nSPS) is 18.1. The van der Waals surface area contributed by atoms with Crippen molar-refractivity contribution in [1.29, 1.82) is 0 Å². The molecule has 0 N–H and O–H groups in total. The minimum Gasteiger partial charge on any atom is -0.289 e. The van der Waals surface area contributed by atoms with Crippen LogP contribution in [0.15, 0.2) is 45.7 Å². The van der Waals surface area contributed by atoms with Crippen molar-refractivity contribution in [1.82, 2.24) is 9.88 Å². The third-order valence-corrected chi connectivity index (χ3v) is 4.76. The Labute approximate surface area is 139 Å². The van der Waals surface area contributed by atoms with Gasteiger partial charge in [0.05, 0.1) is 15.4 Å². The molecule has 0 atom stereocenters. The number of rotatable bonds is 3. The van der Waals surface area contributed by atoms with E-state index in [0.717, 1.165) is 0 Å². The highest BCUT2D eigenvalue weighted by molar-refractivity contribution is 8.18. The Bertz CT molecular complexity index is 830. The van der Waals surface area contributed by atoms with E-state index in [0.29, 0.717) is 20.8 Å². The van der Waals surface area contributed by atoms with Crippen molar-refractivity contribution >= 4 is 51.1 Å². The largest absolute Gasteiger partial charge is 0.289 e. The first kappa shape index (κ1) is 15.4. The second kappa shape index (κ2) is 6.31. The average molecular weight is 346 g/mol. The van der Waals surface area contributed by atoms with Crippen LogP contribution in [0.2, 0.25) is 0 Å². The van der Waals surface area contributed by atoms with E-state index >= 15 is 0 Å². The van der Waals surface area contributed by atoms with E-state index in [9.17, 15) is 14.9 Å². The molecule has 1 fully saturated rings. The molecular weight excluding hydrogens is 336 g/mol. The lowest BCUT2D eigenvalue weighted by atomic mass is 10.1. The summed E-state index contributed by atoms with van der Waals surface area (Å²) in [6, 6.07) is 6.29. The first-order valence-electron chi connectivity index (χ1n) is 6.45. The lowest BCUT2D eigenvalue weighted by molar-refractivity contribution is -0.385. The number of para-hydroxylation sites is 1. The van der Waals surface area contributed by atoms with Crippen molar-refractivity contribution in [2.45, 2.75) is 0 Å². The smallest absolute Gasteiger partial charge is 0.276 e. The summed E-state index contributed by atoms with van der Waals surface area (Å²) < 4.78 is 0. The first-order chi connectivity index (χ1) is 11.1.